The number of hydrogen-bond acceptors (Lipinski definition) is 3. The molecule has 0 aromatic carbocycles. The van der Waals surface area contributed by atoms with E-state index < -0.39 is 11.9 Å². The maximum atomic E-state index is 12.5. The Balaban J connectivity index is 1.73. The molecule has 1 aliphatic heterocycles. The minimum absolute atomic E-state index is 0.458. The summed E-state index contributed by atoms with van der Waals surface area (Å²) < 4.78 is 37.6. The van der Waals surface area contributed by atoms with Crippen LogP contribution in [0.1, 0.15) is 25.0 Å². The van der Waals surface area contributed by atoms with E-state index in [0.29, 0.717) is 6.04 Å². The first-order valence-electron chi connectivity index (χ1n) is 7.05. The van der Waals surface area contributed by atoms with Crippen LogP contribution < -0.4 is 10.2 Å². The average molecular weight is 285 g/mol. The Labute approximate surface area is 116 Å². The standard InChI is InChI=1S/C14H18F3N3/c15-14(16,17)13-5-4-11(8-19-13)20-7-1-6-18-12(9-20)10-2-3-10/h4-5,8,10,12,18H,1-3,6-7,9H2. The number of nitrogens with one attached hydrogen (secondary N) is 1. The van der Waals surface area contributed by atoms with Crippen molar-refractivity contribution < 1.29 is 13.2 Å². The summed E-state index contributed by atoms with van der Waals surface area (Å²) in [6.07, 6.45) is 0.505. The lowest BCUT2D eigenvalue weighted by atomic mass is 10.1. The lowest BCUT2D eigenvalue weighted by Crippen LogP contribution is -2.39. The van der Waals surface area contributed by atoms with Crippen molar-refractivity contribution in [1.29, 1.82) is 0 Å². The summed E-state index contributed by atoms with van der Waals surface area (Å²) in [6.45, 7) is 2.70. The smallest absolute Gasteiger partial charge is 0.369 e. The van der Waals surface area contributed by atoms with Crippen molar-refractivity contribution in [2.75, 3.05) is 24.5 Å². The first-order valence-corrected chi connectivity index (χ1v) is 7.05. The van der Waals surface area contributed by atoms with E-state index in [-0.39, 0.29) is 0 Å². The van der Waals surface area contributed by atoms with E-state index in [4.69, 9.17) is 0 Å². The van der Waals surface area contributed by atoms with Crippen LogP contribution in [0, 0.1) is 5.92 Å². The molecule has 2 aliphatic rings. The lowest BCUT2D eigenvalue weighted by Gasteiger charge is -2.26. The Morgan fingerprint density at radius 1 is 1.25 bits per heavy atom. The van der Waals surface area contributed by atoms with Gasteiger partial charge in [-0.3, -0.25) is 0 Å². The summed E-state index contributed by atoms with van der Waals surface area (Å²) in [5, 5.41) is 3.54. The van der Waals surface area contributed by atoms with Gasteiger partial charge in [-0.15, -0.1) is 0 Å². The minimum atomic E-state index is -4.37. The van der Waals surface area contributed by atoms with Crippen LogP contribution in [-0.4, -0.2) is 30.7 Å². The molecule has 2 heterocycles. The second-order valence-electron chi connectivity index (χ2n) is 5.60. The first kappa shape index (κ1) is 13.7. The molecule has 0 radical (unpaired) electrons. The van der Waals surface area contributed by atoms with Crippen LogP contribution in [0.5, 0.6) is 0 Å². The molecule has 6 heteroatoms. The molecule has 1 N–H and O–H groups in total. The van der Waals surface area contributed by atoms with Crippen molar-refractivity contribution in [2.45, 2.75) is 31.5 Å². The van der Waals surface area contributed by atoms with Gasteiger partial charge in [0, 0.05) is 19.1 Å². The van der Waals surface area contributed by atoms with Crippen molar-refractivity contribution in [3.05, 3.63) is 24.0 Å². The monoisotopic (exact) mass is 285 g/mol. The number of halogens is 3. The molecule has 2 fully saturated rings. The molecule has 20 heavy (non-hydrogen) atoms. The van der Waals surface area contributed by atoms with Crippen LogP contribution in [-0.2, 0) is 6.18 Å². The molecule has 1 atom stereocenters. The molecule has 1 saturated heterocycles. The van der Waals surface area contributed by atoms with Gasteiger partial charge >= 0.3 is 6.18 Å². The number of pyridine rings is 1. The zero-order valence-corrected chi connectivity index (χ0v) is 11.2. The van der Waals surface area contributed by atoms with Crippen LogP contribution >= 0.6 is 0 Å². The largest absolute Gasteiger partial charge is 0.433 e. The maximum absolute atomic E-state index is 12.5. The van der Waals surface area contributed by atoms with Gasteiger partial charge in [-0.25, -0.2) is 4.98 Å². The molecule has 3 rings (SSSR count). The van der Waals surface area contributed by atoms with Crippen LogP contribution in [0.4, 0.5) is 18.9 Å². The summed E-state index contributed by atoms with van der Waals surface area (Å²) in [6, 6.07) is 3.06. The van der Waals surface area contributed by atoms with E-state index in [0.717, 1.165) is 43.7 Å². The SMILES string of the molecule is FC(F)(F)c1ccc(N2CCCNC(C3CC3)C2)cn1. The number of alkyl halides is 3. The Hall–Kier alpha value is -1.30. The summed E-state index contributed by atoms with van der Waals surface area (Å²) in [5.41, 5.74) is -0.0414. The third-order valence-corrected chi connectivity index (χ3v) is 4.02. The molecule has 0 spiro atoms. The zero-order valence-electron chi connectivity index (χ0n) is 11.2. The second-order valence-corrected chi connectivity index (χ2v) is 5.60. The first-order chi connectivity index (χ1) is 9.54. The molecular formula is C14H18F3N3. The Bertz CT molecular complexity index is 454. The molecule has 1 aliphatic carbocycles. The Morgan fingerprint density at radius 2 is 2.05 bits per heavy atom. The van der Waals surface area contributed by atoms with E-state index in [1.54, 1.807) is 0 Å². The summed E-state index contributed by atoms with van der Waals surface area (Å²) in [4.78, 5) is 5.70. The van der Waals surface area contributed by atoms with Gasteiger partial charge in [0.2, 0.25) is 0 Å². The number of nitrogens with zero attached hydrogens (tertiary/aromatic N) is 2. The van der Waals surface area contributed by atoms with E-state index in [1.165, 1.54) is 25.1 Å². The molecule has 1 aromatic rings. The third kappa shape index (κ3) is 3.06. The highest BCUT2D eigenvalue weighted by Crippen LogP contribution is 2.34. The van der Waals surface area contributed by atoms with Crippen molar-refractivity contribution >= 4 is 5.69 Å². The van der Waals surface area contributed by atoms with Crippen molar-refractivity contribution in [1.82, 2.24) is 10.3 Å². The fraction of sp³-hybridized carbons (Fsp3) is 0.643. The fourth-order valence-electron chi connectivity index (χ4n) is 2.74. The molecular weight excluding hydrogens is 267 g/mol. The minimum Gasteiger partial charge on any atom is -0.369 e. The zero-order chi connectivity index (χ0) is 14.2. The molecule has 1 aromatic heterocycles. The van der Waals surface area contributed by atoms with E-state index in [1.807, 2.05) is 0 Å². The van der Waals surface area contributed by atoms with Gasteiger partial charge in [-0.2, -0.15) is 13.2 Å². The predicted octanol–water partition coefficient (Wildman–Crippen LogP) is 2.68. The van der Waals surface area contributed by atoms with E-state index in [9.17, 15) is 13.2 Å². The van der Waals surface area contributed by atoms with E-state index in [2.05, 4.69) is 15.2 Å². The average Bonchev–Trinajstić information content (AvgIpc) is 3.24. The molecule has 110 valence electrons. The number of anilines is 1. The molecule has 0 bridgehead atoms. The molecule has 3 nitrogen and oxygen atoms in total. The maximum Gasteiger partial charge on any atom is 0.433 e. The predicted molar refractivity (Wildman–Crippen MR) is 70.6 cm³/mol. The second kappa shape index (κ2) is 5.24. The van der Waals surface area contributed by atoms with Gasteiger partial charge in [0.15, 0.2) is 0 Å². The highest BCUT2D eigenvalue weighted by Gasteiger charge is 2.34. The van der Waals surface area contributed by atoms with Crippen LogP contribution in [0.25, 0.3) is 0 Å². The number of aromatic nitrogens is 1. The third-order valence-electron chi connectivity index (χ3n) is 4.02. The molecule has 1 saturated carbocycles. The Morgan fingerprint density at radius 3 is 2.65 bits per heavy atom. The van der Waals surface area contributed by atoms with Crippen molar-refractivity contribution in [3.63, 3.8) is 0 Å². The topological polar surface area (TPSA) is 28.2 Å². The van der Waals surface area contributed by atoms with Crippen molar-refractivity contribution in [2.24, 2.45) is 5.92 Å². The summed E-state index contributed by atoms with van der Waals surface area (Å²) in [7, 11) is 0. The highest BCUT2D eigenvalue weighted by atomic mass is 19.4. The quantitative estimate of drug-likeness (QED) is 0.905. The Kier molecular flexibility index (Phi) is 3.58. The van der Waals surface area contributed by atoms with Gasteiger partial charge in [-0.05, 0) is 43.9 Å². The molecule has 0 amide bonds. The van der Waals surface area contributed by atoms with Crippen LogP contribution in [0.2, 0.25) is 0 Å². The summed E-state index contributed by atoms with van der Waals surface area (Å²) >= 11 is 0. The number of hydrogen-bond donors (Lipinski definition) is 1. The van der Waals surface area contributed by atoms with Crippen molar-refractivity contribution in [3.8, 4) is 0 Å². The highest BCUT2D eigenvalue weighted by molar-refractivity contribution is 5.45. The van der Waals surface area contributed by atoms with E-state index >= 15 is 0 Å². The lowest BCUT2D eigenvalue weighted by molar-refractivity contribution is -0.141. The fourth-order valence-corrected chi connectivity index (χ4v) is 2.74. The molecule has 1 unspecified atom stereocenters. The summed E-state index contributed by atoms with van der Waals surface area (Å²) in [5.74, 6) is 0.734. The van der Waals surface area contributed by atoms with Gasteiger partial charge < -0.3 is 10.2 Å². The number of rotatable bonds is 2. The van der Waals surface area contributed by atoms with Crippen LogP contribution in [0.15, 0.2) is 18.3 Å². The van der Waals surface area contributed by atoms with Gasteiger partial charge in [0.05, 0.1) is 11.9 Å². The van der Waals surface area contributed by atoms with Gasteiger partial charge in [0.25, 0.3) is 0 Å². The van der Waals surface area contributed by atoms with Crippen LogP contribution in [0.3, 0.4) is 0 Å². The van der Waals surface area contributed by atoms with Gasteiger partial charge in [0.1, 0.15) is 5.69 Å². The normalized spacial score (nSPS) is 24.6. The van der Waals surface area contributed by atoms with Gasteiger partial charge in [-0.1, -0.05) is 0 Å².